The summed E-state index contributed by atoms with van der Waals surface area (Å²) in [4.78, 5) is 13.0. The monoisotopic (exact) mass is 476 g/mol. The summed E-state index contributed by atoms with van der Waals surface area (Å²) in [7, 11) is -3.83. The molecule has 160 valence electrons. The van der Waals surface area contributed by atoms with Crippen LogP contribution in [-0.4, -0.2) is 26.6 Å². The second-order valence-corrected chi connectivity index (χ2v) is 9.83. The largest absolute Gasteiger partial charge is 0.456 e. The molecule has 0 bridgehead atoms. The Labute approximate surface area is 189 Å². The summed E-state index contributed by atoms with van der Waals surface area (Å²) in [5.74, 6) is -0.531. The fourth-order valence-electron chi connectivity index (χ4n) is 3.49. The van der Waals surface area contributed by atoms with Crippen LogP contribution in [0.3, 0.4) is 0 Å². The predicted molar refractivity (Wildman–Crippen MR) is 126 cm³/mol. The number of carbonyl (C=O) groups excluding carboxylic acids is 1. The molecular weight excluding hydrogens is 459 g/mol. The van der Waals surface area contributed by atoms with E-state index in [4.69, 9.17) is 27.6 Å². The minimum absolute atomic E-state index is 0.132. The smallest absolute Gasteiger partial charge is 0.247 e. The van der Waals surface area contributed by atoms with E-state index in [1.807, 2.05) is 30.3 Å². The zero-order valence-corrected chi connectivity index (χ0v) is 18.9. The van der Waals surface area contributed by atoms with Crippen molar-refractivity contribution in [1.29, 1.82) is 0 Å². The first-order chi connectivity index (χ1) is 14.6. The Balaban J connectivity index is 1.66. The molecule has 1 heterocycles. The molecule has 0 fully saturated rings. The van der Waals surface area contributed by atoms with E-state index in [2.05, 4.69) is 5.32 Å². The minimum Gasteiger partial charge on any atom is -0.456 e. The standard InChI is InChI=1S/C22H18Cl2N2O4S/c1-13(26(31(2,28)29)19-11-14(23)7-10-18(19)24)22(27)25-15-8-9-17-16-5-3-4-6-20(16)30-21(17)12-15/h3-13H,1-2H3,(H,25,27)/t13-/m1/s1. The van der Waals surface area contributed by atoms with E-state index in [1.165, 1.54) is 19.1 Å². The van der Waals surface area contributed by atoms with Crippen LogP contribution in [0.25, 0.3) is 21.9 Å². The molecule has 9 heteroatoms. The highest BCUT2D eigenvalue weighted by Crippen LogP contribution is 2.33. The number of para-hydroxylation sites is 1. The van der Waals surface area contributed by atoms with Gasteiger partial charge in [0.2, 0.25) is 15.9 Å². The summed E-state index contributed by atoms with van der Waals surface area (Å²) < 4.78 is 31.8. The molecule has 1 amide bonds. The zero-order chi connectivity index (χ0) is 22.3. The lowest BCUT2D eigenvalue weighted by molar-refractivity contribution is -0.116. The molecule has 0 aliphatic rings. The van der Waals surface area contributed by atoms with Crippen molar-refractivity contribution < 1.29 is 17.6 Å². The van der Waals surface area contributed by atoms with Crippen LogP contribution < -0.4 is 9.62 Å². The van der Waals surface area contributed by atoms with Crippen LogP contribution in [0.4, 0.5) is 11.4 Å². The van der Waals surface area contributed by atoms with E-state index >= 15 is 0 Å². The molecule has 4 aromatic rings. The molecule has 0 aliphatic heterocycles. The molecule has 0 unspecified atom stereocenters. The first-order valence-corrected chi connectivity index (χ1v) is 11.9. The van der Waals surface area contributed by atoms with Gasteiger partial charge in [-0.2, -0.15) is 0 Å². The van der Waals surface area contributed by atoms with Crippen molar-refractivity contribution >= 4 is 72.4 Å². The van der Waals surface area contributed by atoms with Crippen LogP contribution in [0, 0.1) is 0 Å². The predicted octanol–water partition coefficient (Wildman–Crippen LogP) is 5.69. The Hall–Kier alpha value is -2.74. The fourth-order valence-corrected chi connectivity index (χ4v) is 5.09. The highest BCUT2D eigenvalue weighted by atomic mass is 35.5. The zero-order valence-electron chi connectivity index (χ0n) is 16.6. The van der Waals surface area contributed by atoms with Crippen LogP contribution in [0.15, 0.2) is 65.1 Å². The maximum absolute atomic E-state index is 13.0. The molecule has 3 aromatic carbocycles. The van der Waals surface area contributed by atoms with Crippen LogP contribution in [0.5, 0.6) is 0 Å². The summed E-state index contributed by atoms with van der Waals surface area (Å²) >= 11 is 12.2. The van der Waals surface area contributed by atoms with Gasteiger partial charge in [0, 0.05) is 27.5 Å². The number of anilines is 2. The normalized spacial score (nSPS) is 12.8. The van der Waals surface area contributed by atoms with Gasteiger partial charge in [-0.15, -0.1) is 0 Å². The first kappa shape index (κ1) is 21.5. The maximum Gasteiger partial charge on any atom is 0.247 e. The van der Waals surface area contributed by atoms with Gasteiger partial charge in [-0.3, -0.25) is 9.10 Å². The number of rotatable bonds is 5. The van der Waals surface area contributed by atoms with E-state index in [-0.39, 0.29) is 10.7 Å². The Morgan fingerprint density at radius 1 is 1.00 bits per heavy atom. The number of nitrogens with one attached hydrogen (secondary N) is 1. The van der Waals surface area contributed by atoms with Crippen molar-refractivity contribution in [1.82, 2.24) is 0 Å². The topological polar surface area (TPSA) is 79.6 Å². The highest BCUT2D eigenvalue weighted by molar-refractivity contribution is 7.92. The maximum atomic E-state index is 13.0. The number of fused-ring (bicyclic) bond motifs is 3. The average molecular weight is 477 g/mol. The van der Waals surface area contributed by atoms with Crippen molar-refractivity contribution in [3.63, 3.8) is 0 Å². The Kier molecular flexibility index (Phi) is 5.60. The minimum atomic E-state index is -3.83. The number of carbonyl (C=O) groups is 1. The van der Waals surface area contributed by atoms with Crippen molar-refractivity contribution in [3.8, 4) is 0 Å². The molecule has 6 nitrogen and oxygen atoms in total. The van der Waals surface area contributed by atoms with Gasteiger partial charge in [-0.05, 0) is 43.3 Å². The number of benzene rings is 3. The first-order valence-electron chi connectivity index (χ1n) is 9.32. The average Bonchev–Trinajstić information content (AvgIpc) is 3.07. The number of hydrogen-bond acceptors (Lipinski definition) is 4. The second kappa shape index (κ2) is 8.07. The summed E-state index contributed by atoms with van der Waals surface area (Å²) in [6, 6.07) is 16.3. The van der Waals surface area contributed by atoms with E-state index < -0.39 is 22.0 Å². The number of hydrogen-bond donors (Lipinski definition) is 1. The van der Waals surface area contributed by atoms with Gasteiger partial charge in [-0.25, -0.2) is 8.42 Å². The summed E-state index contributed by atoms with van der Waals surface area (Å²) in [5.41, 5.74) is 1.97. The van der Waals surface area contributed by atoms with E-state index in [0.29, 0.717) is 16.3 Å². The van der Waals surface area contributed by atoms with E-state index in [0.717, 1.165) is 26.9 Å². The second-order valence-electron chi connectivity index (χ2n) is 7.13. The van der Waals surface area contributed by atoms with Crippen LogP contribution in [0.2, 0.25) is 10.0 Å². The van der Waals surface area contributed by atoms with Crippen molar-refractivity contribution in [2.75, 3.05) is 15.9 Å². The summed E-state index contributed by atoms with van der Waals surface area (Å²) in [5, 5.41) is 5.12. The number of furan rings is 1. The van der Waals surface area contributed by atoms with Gasteiger partial charge in [0.25, 0.3) is 0 Å². The Morgan fingerprint density at radius 3 is 2.45 bits per heavy atom. The molecule has 31 heavy (non-hydrogen) atoms. The molecule has 1 atom stereocenters. The van der Waals surface area contributed by atoms with E-state index in [1.54, 1.807) is 18.2 Å². The van der Waals surface area contributed by atoms with Gasteiger partial charge in [0.1, 0.15) is 17.2 Å². The SMILES string of the molecule is C[C@H](C(=O)Nc1ccc2c(c1)oc1ccccc12)N(c1cc(Cl)ccc1Cl)S(C)(=O)=O. The molecule has 0 aliphatic carbocycles. The third-order valence-electron chi connectivity index (χ3n) is 4.88. The quantitative estimate of drug-likeness (QED) is 0.401. The number of amides is 1. The summed E-state index contributed by atoms with van der Waals surface area (Å²) in [6.07, 6.45) is 1.01. The molecule has 1 aromatic heterocycles. The van der Waals surface area contributed by atoms with Crippen molar-refractivity contribution in [2.24, 2.45) is 0 Å². The third kappa shape index (κ3) is 4.21. The fraction of sp³-hybridized carbons (Fsp3) is 0.136. The van der Waals surface area contributed by atoms with Crippen LogP contribution >= 0.6 is 23.2 Å². The Bertz CT molecular complexity index is 1420. The molecule has 0 radical (unpaired) electrons. The molecular formula is C22H18Cl2N2O4S. The lowest BCUT2D eigenvalue weighted by Crippen LogP contribution is -2.45. The third-order valence-corrected chi connectivity index (χ3v) is 6.66. The van der Waals surface area contributed by atoms with Gasteiger partial charge < -0.3 is 9.73 Å². The van der Waals surface area contributed by atoms with Gasteiger partial charge >= 0.3 is 0 Å². The molecule has 1 N–H and O–H groups in total. The van der Waals surface area contributed by atoms with Crippen LogP contribution in [-0.2, 0) is 14.8 Å². The number of sulfonamides is 1. The number of halogens is 2. The molecule has 0 saturated carbocycles. The molecule has 0 spiro atoms. The van der Waals surface area contributed by atoms with Crippen molar-refractivity contribution in [3.05, 3.63) is 70.7 Å². The number of nitrogens with zero attached hydrogens (tertiary/aromatic N) is 1. The molecule has 0 saturated heterocycles. The van der Waals surface area contributed by atoms with Crippen molar-refractivity contribution in [2.45, 2.75) is 13.0 Å². The lowest BCUT2D eigenvalue weighted by atomic mass is 10.1. The summed E-state index contributed by atoms with van der Waals surface area (Å²) in [6.45, 7) is 1.48. The van der Waals surface area contributed by atoms with Gasteiger partial charge in [0.15, 0.2) is 0 Å². The lowest BCUT2D eigenvalue weighted by Gasteiger charge is -2.29. The van der Waals surface area contributed by atoms with Crippen LogP contribution in [0.1, 0.15) is 6.92 Å². The Morgan fingerprint density at radius 2 is 1.71 bits per heavy atom. The highest BCUT2D eigenvalue weighted by Gasteiger charge is 2.31. The van der Waals surface area contributed by atoms with Gasteiger partial charge in [-0.1, -0.05) is 41.4 Å². The molecule has 4 rings (SSSR count). The van der Waals surface area contributed by atoms with E-state index in [9.17, 15) is 13.2 Å². The van der Waals surface area contributed by atoms with Gasteiger partial charge in [0.05, 0.1) is 17.0 Å².